The third kappa shape index (κ3) is 5.25. The molecule has 0 spiro atoms. The summed E-state index contributed by atoms with van der Waals surface area (Å²) in [6.45, 7) is 0.290. The Hall–Kier alpha value is -3.63. The molecule has 0 unspecified atom stereocenters. The lowest BCUT2D eigenvalue weighted by atomic mass is 10.1. The van der Waals surface area contributed by atoms with E-state index in [0.29, 0.717) is 17.0 Å². The number of carbonyl (C=O) groups excluding carboxylic acids is 1. The molecule has 0 fully saturated rings. The van der Waals surface area contributed by atoms with Crippen LogP contribution in [-0.4, -0.2) is 40.3 Å². The molecule has 11 heteroatoms. The van der Waals surface area contributed by atoms with Crippen molar-refractivity contribution in [3.8, 4) is 17.3 Å². The van der Waals surface area contributed by atoms with E-state index in [1.807, 2.05) is 0 Å². The molecule has 2 aromatic heterocycles. The number of halogens is 3. The molecule has 3 rings (SSSR count). The Morgan fingerprint density at radius 1 is 1.13 bits per heavy atom. The summed E-state index contributed by atoms with van der Waals surface area (Å²) in [4.78, 5) is 20.9. The zero-order valence-electron chi connectivity index (χ0n) is 16.0. The van der Waals surface area contributed by atoms with Gasteiger partial charge in [0, 0.05) is 37.0 Å². The number of pyridine rings is 1. The van der Waals surface area contributed by atoms with E-state index in [1.54, 1.807) is 49.6 Å². The van der Waals surface area contributed by atoms with Crippen LogP contribution in [0, 0.1) is 0 Å². The van der Waals surface area contributed by atoms with Gasteiger partial charge in [-0.3, -0.25) is 0 Å². The van der Waals surface area contributed by atoms with E-state index in [2.05, 4.69) is 19.6 Å². The van der Waals surface area contributed by atoms with E-state index in [0.717, 1.165) is 5.56 Å². The van der Waals surface area contributed by atoms with Gasteiger partial charge >= 0.3 is 18.2 Å². The smallest absolute Gasteiger partial charge is 0.471 e. The number of nitrogens with zero attached hydrogens (tertiary/aromatic N) is 4. The first-order chi connectivity index (χ1) is 14.3. The highest BCUT2D eigenvalue weighted by Gasteiger charge is 2.38. The van der Waals surface area contributed by atoms with Crippen molar-refractivity contribution in [3.05, 3.63) is 59.6 Å². The largest absolute Gasteiger partial charge is 0.481 e. The van der Waals surface area contributed by atoms with Gasteiger partial charge in [-0.15, -0.1) is 0 Å². The minimum absolute atomic E-state index is 0.0540. The highest BCUT2D eigenvalue weighted by molar-refractivity contribution is 5.67. The van der Waals surface area contributed by atoms with Crippen molar-refractivity contribution in [3.63, 3.8) is 0 Å². The number of hydrogen-bond acceptors (Lipinski definition) is 7. The van der Waals surface area contributed by atoms with Gasteiger partial charge in [-0.25, -0.2) is 9.78 Å². The predicted molar refractivity (Wildman–Crippen MR) is 97.2 cm³/mol. The van der Waals surface area contributed by atoms with Crippen molar-refractivity contribution in [2.75, 3.05) is 14.2 Å². The second-order valence-electron chi connectivity index (χ2n) is 6.24. The molecule has 0 saturated heterocycles. The van der Waals surface area contributed by atoms with Gasteiger partial charge in [0.15, 0.2) is 0 Å². The summed E-state index contributed by atoms with van der Waals surface area (Å²) in [6, 6.07) is 9.78. The number of carbonyl (C=O) groups is 1. The van der Waals surface area contributed by atoms with Gasteiger partial charge in [-0.2, -0.15) is 18.2 Å². The normalized spacial score (nSPS) is 11.2. The molecule has 0 bridgehead atoms. The van der Waals surface area contributed by atoms with Gasteiger partial charge in [-0.05, 0) is 11.6 Å². The van der Waals surface area contributed by atoms with Crippen LogP contribution in [0.4, 0.5) is 18.0 Å². The molecular formula is C19H17F3N4O4. The zero-order chi connectivity index (χ0) is 21.7. The standard InChI is InChI=1S/C19H17F3N4O4/c1-26(18(27)29-11-13-5-8-15(28-2)23-9-13)10-12-3-6-14(7-4-12)16-24-17(30-25-16)19(20,21)22/h3-9H,10-11H2,1-2H3. The average Bonchev–Trinajstić information content (AvgIpc) is 3.24. The van der Waals surface area contributed by atoms with Gasteiger partial charge < -0.3 is 18.9 Å². The molecule has 0 aliphatic carbocycles. The summed E-state index contributed by atoms with van der Waals surface area (Å²) in [5.74, 6) is -1.12. The van der Waals surface area contributed by atoms with Crippen LogP contribution in [0.25, 0.3) is 11.4 Å². The summed E-state index contributed by atoms with van der Waals surface area (Å²) in [5, 5.41) is 3.33. The van der Waals surface area contributed by atoms with Crippen LogP contribution in [0.1, 0.15) is 17.0 Å². The van der Waals surface area contributed by atoms with Crippen LogP contribution in [0.3, 0.4) is 0 Å². The molecule has 0 aliphatic rings. The fourth-order valence-electron chi connectivity index (χ4n) is 2.43. The van der Waals surface area contributed by atoms with Crippen LogP contribution < -0.4 is 4.74 Å². The van der Waals surface area contributed by atoms with Gasteiger partial charge in [-0.1, -0.05) is 29.4 Å². The van der Waals surface area contributed by atoms with E-state index in [9.17, 15) is 18.0 Å². The lowest BCUT2D eigenvalue weighted by Gasteiger charge is -2.17. The molecule has 0 radical (unpaired) electrons. The Morgan fingerprint density at radius 3 is 2.40 bits per heavy atom. The summed E-state index contributed by atoms with van der Waals surface area (Å²) in [7, 11) is 3.07. The lowest BCUT2D eigenvalue weighted by Crippen LogP contribution is -2.26. The number of rotatable bonds is 6. The Balaban J connectivity index is 1.55. The van der Waals surface area contributed by atoms with Crippen LogP contribution in [0.2, 0.25) is 0 Å². The SMILES string of the molecule is COc1ccc(COC(=O)N(C)Cc2ccc(-c3noc(C(F)(F)F)n3)cc2)cn1. The lowest BCUT2D eigenvalue weighted by molar-refractivity contribution is -0.159. The van der Waals surface area contributed by atoms with Gasteiger partial charge in [0.25, 0.3) is 0 Å². The van der Waals surface area contributed by atoms with E-state index in [-0.39, 0.29) is 19.0 Å². The van der Waals surface area contributed by atoms with Crippen molar-refractivity contribution in [2.45, 2.75) is 19.3 Å². The van der Waals surface area contributed by atoms with Crippen molar-refractivity contribution in [2.24, 2.45) is 0 Å². The van der Waals surface area contributed by atoms with Crippen LogP contribution >= 0.6 is 0 Å². The molecule has 2 heterocycles. The van der Waals surface area contributed by atoms with Crippen molar-refractivity contribution < 1.29 is 32.0 Å². The number of benzene rings is 1. The van der Waals surface area contributed by atoms with Crippen LogP contribution in [0.5, 0.6) is 5.88 Å². The molecule has 158 valence electrons. The number of amides is 1. The second kappa shape index (κ2) is 8.80. The number of hydrogen-bond donors (Lipinski definition) is 0. The average molecular weight is 422 g/mol. The molecule has 1 aromatic carbocycles. The van der Waals surface area contributed by atoms with E-state index >= 15 is 0 Å². The Bertz CT molecular complexity index is 988. The molecule has 3 aromatic rings. The van der Waals surface area contributed by atoms with Crippen molar-refractivity contribution in [1.29, 1.82) is 0 Å². The number of methoxy groups -OCH3 is 1. The molecule has 0 N–H and O–H groups in total. The zero-order valence-corrected chi connectivity index (χ0v) is 16.0. The van der Waals surface area contributed by atoms with Gasteiger partial charge in [0.2, 0.25) is 11.7 Å². The van der Waals surface area contributed by atoms with E-state index < -0.39 is 18.2 Å². The van der Waals surface area contributed by atoms with Crippen molar-refractivity contribution >= 4 is 6.09 Å². The van der Waals surface area contributed by atoms with E-state index in [1.165, 1.54) is 12.0 Å². The van der Waals surface area contributed by atoms with Crippen LogP contribution in [-0.2, 0) is 24.1 Å². The topological polar surface area (TPSA) is 90.6 Å². The summed E-state index contributed by atoms with van der Waals surface area (Å²) >= 11 is 0. The monoisotopic (exact) mass is 422 g/mol. The number of ether oxygens (including phenoxy) is 2. The maximum Gasteiger partial charge on any atom is 0.471 e. The summed E-state index contributed by atoms with van der Waals surface area (Å²) in [5.41, 5.74) is 1.80. The predicted octanol–water partition coefficient (Wildman–Crippen LogP) is 3.93. The molecule has 1 amide bonds. The minimum Gasteiger partial charge on any atom is -0.481 e. The third-order valence-electron chi connectivity index (χ3n) is 3.98. The maximum atomic E-state index is 12.6. The minimum atomic E-state index is -4.70. The Kier molecular flexibility index (Phi) is 6.19. The quantitative estimate of drug-likeness (QED) is 0.595. The molecule has 0 saturated carbocycles. The maximum absolute atomic E-state index is 12.6. The number of alkyl halides is 3. The highest BCUT2D eigenvalue weighted by atomic mass is 19.4. The molecule has 8 nitrogen and oxygen atoms in total. The molecule has 0 aliphatic heterocycles. The first-order valence-electron chi connectivity index (χ1n) is 8.63. The summed E-state index contributed by atoms with van der Waals surface area (Å²) < 4.78 is 52.1. The van der Waals surface area contributed by atoms with E-state index in [4.69, 9.17) is 9.47 Å². The van der Waals surface area contributed by atoms with Crippen LogP contribution in [0.15, 0.2) is 47.1 Å². The molecule has 30 heavy (non-hydrogen) atoms. The first kappa shape index (κ1) is 21.1. The fourth-order valence-corrected chi connectivity index (χ4v) is 2.43. The Morgan fingerprint density at radius 2 is 1.83 bits per heavy atom. The highest BCUT2D eigenvalue weighted by Crippen LogP contribution is 2.29. The first-order valence-corrected chi connectivity index (χ1v) is 8.63. The van der Waals surface area contributed by atoms with Gasteiger partial charge in [0.1, 0.15) is 6.61 Å². The molecular weight excluding hydrogens is 405 g/mol. The number of aromatic nitrogens is 3. The third-order valence-corrected chi connectivity index (χ3v) is 3.98. The summed E-state index contributed by atoms with van der Waals surface area (Å²) in [6.07, 6.45) is -3.69. The Labute approximate surface area is 169 Å². The van der Waals surface area contributed by atoms with Gasteiger partial charge in [0.05, 0.1) is 7.11 Å². The van der Waals surface area contributed by atoms with Crippen molar-refractivity contribution in [1.82, 2.24) is 20.0 Å². The fraction of sp³-hybridized carbons (Fsp3) is 0.263. The molecule has 0 atom stereocenters. The second-order valence-corrected chi connectivity index (χ2v) is 6.24.